The molecule has 3 rings (SSSR count). The minimum atomic E-state index is -0.516. The van der Waals surface area contributed by atoms with E-state index in [9.17, 15) is 9.18 Å². The molecule has 0 saturated carbocycles. The number of carbonyl (C=O) groups is 1. The molecule has 0 fully saturated rings. The lowest BCUT2D eigenvalue weighted by molar-refractivity contribution is -0.116. The van der Waals surface area contributed by atoms with Gasteiger partial charge in [0.05, 0.1) is 17.8 Å². The van der Waals surface area contributed by atoms with E-state index in [4.69, 9.17) is 11.5 Å². The Morgan fingerprint density at radius 1 is 1.16 bits per heavy atom. The first-order valence-corrected chi connectivity index (χ1v) is 5.83. The third kappa shape index (κ3) is 1.71. The first-order valence-electron chi connectivity index (χ1n) is 5.83. The summed E-state index contributed by atoms with van der Waals surface area (Å²) in [7, 11) is 0. The minimum absolute atomic E-state index is 0.107. The second-order valence-corrected chi connectivity index (χ2v) is 4.47. The highest BCUT2D eigenvalue weighted by Crippen LogP contribution is 2.40. The van der Waals surface area contributed by atoms with E-state index >= 15 is 0 Å². The maximum absolute atomic E-state index is 14.0. The molecule has 5 heteroatoms. The van der Waals surface area contributed by atoms with Crippen LogP contribution in [0.25, 0.3) is 0 Å². The molecule has 0 aromatic heterocycles. The smallest absolute Gasteiger partial charge is 0.236 e. The van der Waals surface area contributed by atoms with E-state index in [1.807, 2.05) is 0 Å². The lowest BCUT2D eigenvalue weighted by atomic mass is 10.1. The van der Waals surface area contributed by atoms with E-state index in [0.29, 0.717) is 11.4 Å². The number of rotatable bonds is 1. The largest absolute Gasteiger partial charge is 0.399 e. The summed E-state index contributed by atoms with van der Waals surface area (Å²) in [5, 5.41) is 0. The van der Waals surface area contributed by atoms with Crippen molar-refractivity contribution in [3.63, 3.8) is 0 Å². The summed E-state index contributed by atoms with van der Waals surface area (Å²) in [4.78, 5) is 13.4. The number of hydrogen-bond donors (Lipinski definition) is 2. The summed E-state index contributed by atoms with van der Waals surface area (Å²) >= 11 is 0. The lowest BCUT2D eigenvalue weighted by Gasteiger charge is -2.20. The number of benzene rings is 2. The quantitative estimate of drug-likeness (QED) is 0.769. The standard InChI is InChI=1S/C14H12FN3O/c15-10-2-1-3-11(17)14(10)18-12-5-4-9(16)6-8(12)7-13(18)19/h1-6H,7,16-17H2. The number of carbonyl (C=O) groups excluding carboxylic acids is 1. The summed E-state index contributed by atoms with van der Waals surface area (Å²) < 4.78 is 14.0. The molecule has 1 heterocycles. The summed E-state index contributed by atoms with van der Waals surface area (Å²) in [5.41, 5.74) is 13.8. The fourth-order valence-corrected chi connectivity index (χ4v) is 2.35. The molecule has 0 unspecified atom stereocenters. The molecule has 1 aliphatic rings. The number of halogens is 1. The molecule has 2 aromatic carbocycles. The van der Waals surface area contributed by atoms with Gasteiger partial charge in [-0.3, -0.25) is 9.69 Å². The molecule has 4 N–H and O–H groups in total. The summed E-state index contributed by atoms with van der Waals surface area (Å²) in [6.07, 6.45) is 0.203. The normalized spacial score (nSPS) is 13.7. The van der Waals surface area contributed by atoms with Crippen LogP contribution in [0.3, 0.4) is 0 Å². The zero-order valence-corrected chi connectivity index (χ0v) is 10.1. The van der Waals surface area contributed by atoms with Crippen molar-refractivity contribution in [3.05, 3.63) is 47.8 Å². The van der Waals surface area contributed by atoms with Crippen LogP contribution < -0.4 is 16.4 Å². The van der Waals surface area contributed by atoms with Crippen LogP contribution in [0, 0.1) is 5.82 Å². The summed E-state index contributed by atoms with van der Waals surface area (Å²) in [5.74, 6) is -0.726. The van der Waals surface area contributed by atoms with Gasteiger partial charge in [-0.2, -0.15) is 0 Å². The SMILES string of the molecule is Nc1ccc2c(c1)CC(=O)N2c1c(N)cccc1F. The van der Waals surface area contributed by atoms with Crippen molar-refractivity contribution in [1.82, 2.24) is 0 Å². The Hall–Kier alpha value is -2.56. The van der Waals surface area contributed by atoms with Crippen LogP contribution in [0.1, 0.15) is 5.56 Å². The number of nitrogens with two attached hydrogens (primary N) is 2. The molecule has 0 atom stereocenters. The lowest BCUT2D eigenvalue weighted by Crippen LogP contribution is -2.23. The average Bonchev–Trinajstić information content (AvgIpc) is 2.65. The van der Waals surface area contributed by atoms with Crippen LogP contribution in [-0.2, 0) is 11.2 Å². The molecule has 4 nitrogen and oxygen atoms in total. The van der Waals surface area contributed by atoms with Crippen LogP contribution in [0.15, 0.2) is 36.4 Å². The van der Waals surface area contributed by atoms with Gasteiger partial charge in [0.1, 0.15) is 11.5 Å². The van der Waals surface area contributed by atoms with Gasteiger partial charge in [0.25, 0.3) is 0 Å². The van der Waals surface area contributed by atoms with Crippen molar-refractivity contribution in [2.45, 2.75) is 6.42 Å². The van der Waals surface area contributed by atoms with Crippen molar-refractivity contribution < 1.29 is 9.18 Å². The number of hydrogen-bond acceptors (Lipinski definition) is 3. The predicted molar refractivity (Wildman–Crippen MR) is 72.5 cm³/mol. The second kappa shape index (κ2) is 3.98. The first kappa shape index (κ1) is 11.5. The molecular formula is C14H12FN3O. The average molecular weight is 257 g/mol. The minimum Gasteiger partial charge on any atom is -0.399 e. The highest BCUT2D eigenvalue weighted by atomic mass is 19.1. The van der Waals surface area contributed by atoms with E-state index in [1.165, 1.54) is 17.0 Å². The number of amides is 1. The van der Waals surface area contributed by atoms with E-state index in [2.05, 4.69) is 0 Å². The van der Waals surface area contributed by atoms with E-state index < -0.39 is 5.82 Å². The van der Waals surface area contributed by atoms with Gasteiger partial charge in [-0.05, 0) is 35.9 Å². The van der Waals surface area contributed by atoms with Gasteiger partial charge < -0.3 is 11.5 Å². The highest BCUT2D eigenvalue weighted by Gasteiger charge is 2.31. The molecule has 96 valence electrons. The first-order chi connectivity index (χ1) is 9.08. The van der Waals surface area contributed by atoms with Crippen molar-refractivity contribution in [2.24, 2.45) is 0 Å². The summed E-state index contributed by atoms with van der Waals surface area (Å²) in [6.45, 7) is 0. The van der Waals surface area contributed by atoms with Crippen LogP contribution in [0.4, 0.5) is 27.1 Å². The molecule has 19 heavy (non-hydrogen) atoms. The van der Waals surface area contributed by atoms with Crippen molar-refractivity contribution >= 4 is 28.7 Å². The Morgan fingerprint density at radius 3 is 2.68 bits per heavy atom. The Kier molecular flexibility index (Phi) is 2.41. The second-order valence-electron chi connectivity index (χ2n) is 4.47. The van der Waals surface area contributed by atoms with Gasteiger partial charge in [-0.1, -0.05) is 6.07 Å². The van der Waals surface area contributed by atoms with Gasteiger partial charge in [0.2, 0.25) is 5.91 Å². The van der Waals surface area contributed by atoms with E-state index in [0.717, 1.165) is 5.56 Å². The maximum Gasteiger partial charge on any atom is 0.236 e. The number of anilines is 4. The van der Waals surface area contributed by atoms with Crippen LogP contribution >= 0.6 is 0 Å². The summed E-state index contributed by atoms with van der Waals surface area (Å²) in [6, 6.07) is 9.49. The van der Waals surface area contributed by atoms with Crippen molar-refractivity contribution in [2.75, 3.05) is 16.4 Å². The van der Waals surface area contributed by atoms with Crippen LogP contribution in [0.5, 0.6) is 0 Å². The highest BCUT2D eigenvalue weighted by molar-refractivity contribution is 6.09. The molecular weight excluding hydrogens is 245 g/mol. The Morgan fingerprint density at radius 2 is 1.95 bits per heavy atom. The zero-order chi connectivity index (χ0) is 13.6. The molecule has 1 aliphatic heterocycles. The Bertz CT molecular complexity index is 664. The Balaban J connectivity index is 2.20. The topological polar surface area (TPSA) is 72.4 Å². The van der Waals surface area contributed by atoms with Crippen molar-refractivity contribution in [3.8, 4) is 0 Å². The molecule has 1 amide bonds. The van der Waals surface area contributed by atoms with Gasteiger partial charge in [0, 0.05) is 5.69 Å². The van der Waals surface area contributed by atoms with E-state index in [-0.39, 0.29) is 23.7 Å². The number of para-hydroxylation sites is 1. The predicted octanol–water partition coefficient (Wildman–Crippen LogP) is 2.21. The van der Waals surface area contributed by atoms with Gasteiger partial charge >= 0.3 is 0 Å². The monoisotopic (exact) mass is 257 g/mol. The molecule has 0 spiro atoms. The fraction of sp³-hybridized carbons (Fsp3) is 0.0714. The third-order valence-electron chi connectivity index (χ3n) is 3.18. The third-order valence-corrected chi connectivity index (χ3v) is 3.18. The fourth-order valence-electron chi connectivity index (χ4n) is 2.35. The van der Waals surface area contributed by atoms with Gasteiger partial charge in [-0.25, -0.2) is 4.39 Å². The van der Waals surface area contributed by atoms with Crippen LogP contribution in [-0.4, -0.2) is 5.91 Å². The molecule has 0 radical (unpaired) electrons. The maximum atomic E-state index is 14.0. The molecule has 0 aliphatic carbocycles. The van der Waals surface area contributed by atoms with Crippen LogP contribution in [0.2, 0.25) is 0 Å². The molecule has 0 saturated heterocycles. The molecule has 2 aromatic rings. The molecule has 0 bridgehead atoms. The van der Waals surface area contributed by atoms with Gasteiger partial charge in [-0.15, -0.1) is 0 Å². The van der Waals surface area contributed by atoms with Crippen molar-refractivity contribution in [1.29, 1.82) is 0 Å². The number of fused-ring (bicyclic) bond motifs is 1. The number of nitrogen functional groups attached to an aromatic ring is 2. The van der Waals surface area contributed by atoms with Gasteiger partial charge in [0.15, 0.2) is 0 Å². The number of nitrogens with zero attached hydrogens (tertiary/aromatic N) is 1. The Labute approximate surface area is 109 Å². The zero-order valence-electron chi connectivity index (χ0n) is 10.1. The van der Waals surface area contributed by atoms with E-state index in [1.54, 1.807) is 24.3 Å².